The molecule has 0 aliphatic carbocycles. The first-order chi connectivity index (χ1) is 11.6. The van der Waals surface area contributed by atoms with E-state index in [1.54, 1.807) is 14.2 Å². The van der Waals surface area contributed by atoms with E-state index in [2.05, 4.69) is 0 Å². The second-order valence-corrected chi connectivity index (χ2v) is 5.78. The Balaban J connectivity index is 1.87. The minimum Gasteiger partial charge on any atom is -0.493 e. The molecule has 126 valence electrons. The summed E-state index contributed by atoms with van der Waals surface area (Å²) in [5, 5.41) is 0. The summed E-state index contributed by atoms with van der Waals surface area (Å²) in [5.41, 5.74) is 1.52. The first-order valence-electron chi connectivity index (χ1n) is 7.92. The Morgan fingerprint density at radius 3 is 2.46 bits per heavy atom. The average molecular weight is 329 g/mol. The van der Waals surface area contributed by atoms with Crippen LogP contribution in [0.15, 0.2) is 42.5 Å². The van der Waals surface area contributed by atoms with Gasteiger partial charge in [-0.05, 0) is 54.8 Å². The molecule has 4 nitrogen and oxygen atoms in total. The molecule has 0 radical (unpaired) electrons. The summed E-state index contributed by atoms with van der Waals surface area (Å²) >= 11 is 0. The lowest BCUT2D eigenvalue weighted by atomic mass is 10.0. The Kier molecular flexibility index (Phi) is 4.69. The third kappa shape index (κ3) is 3.07. The zero-order valence-corrected chi connectivity index (χ0v) is 13.8. The van der Waals surface area contributed by atoms with Crippen molar-refractivity contribution in [3.8, 4) is 11.5 Å². The molecule has 1 atom stereocenters. The van der Waals surface area contributed by atoms with Gasteiger partial charge in [0.05, 0.1) is 20.3 Å². The molecule has 5 heteroatoms. The number of halogens is 1. The fourth-order valence-corrected chi connectivity index (χ4v) is 3.17. The Morgan fingerprint density at radius 2 is 1.79 bits per heavy atom. The van der Waals surface area contributed by atoms with Gasteiger partial charge in [-0.15, -0.1) is 0 Å². The van der Waals surface area contributed by atoms with Crippen molar-refractivity contribution in [1.29, 1.82) is 0 Å². The van der Waals surface area contributed by atoms with Crippen LogP contribution in [0.1, 0.15) is 34.8 Å². The molecule has 2 aromatic carbocycles. The van der Waals surface area contributed by atoms with Crippen molar-refractivity contribution in [3.05, 3.63) is 59.4 Å². The summed E-state index contributed by atoms with van der Waals surface area (Å²) in [4.78, 5) is 14.6. The number of nitrogens with zero attached hydrogens (tertiary/aromatic N) is 1. The largest absolute Gasteiger partial charge is 0.493 e. The van der Waals surface area contributed by atoms with E-state index in [4.69, 9.17) is 9.47 Å². The highest BCUT2D eigenvalue weighted by Gasteiger charge is 2.31. The van der Waals surface area contributed by atoms with E-state index in [9.17, 15) is 9.18 Å². The summed E-state index contributed by atoms with van der Waals surface area (Å²) in [5.74, 6) is 0.892. The number of amides is 1. The van der Waals surface area contributed by atoms with Crippen LogP contribution in [0, 0.1) is 5.82 Å². The molecule has 0 aromatic heterocycles. The van der Waals surface area contributed by atoms with E-state index in [1.165, 1.54) is 24.3 Å². The van der Waals surface area contributed by atoms with Crippen molar-refractivity contribution in [2.45, 2.75) is 18.9 Å². The summed E-state index contributed by atoms with van der Waals surface area (Å²) in [6.07, 6.45) is 1.83. The van der Waals surface area contributed by atoms with Gasteiger partial charge in [0.2, 0.25) is 0 Å². The second kappa shape index (κ2) is 6.91. The number of hydrogen-bond acceptors (Lipinski definition) is 3. The molecule has 2 aromatic rings. The normalized spacial score (nSPS) is 17.0. The van der Waals surface area contributed by atoms with Crippen LogP contribution >= 0.6 is 0 Å². The number of carbonyl (C=O) groups is 1. The van der Waals surface area contributed by atoms with Gasteiger partial charge in [0.1, 0.15) is 5.82 Å². The van der Waals surface area contributed by atoms with Gasteiger partial charge < -0.3 is 14.4 Å². The number of methoxy groups -OCH3 is 2. The zero-order valence-electron chi connectivity index (χ0n) is 13.8. The number of ether oxygens (including phenoxy) is 2. The highest BCUT2D eigenvalue weighted by molar-refractivity contribution is 5.94. The van der Waals surface area contributed by atoms with Gasteiger partial charge in [-0.1, -0.05) is 6.07 Å². The minimum atomic E-state index is -0.343. The molecule has 3 rings (SSSR count). The van der Waals surface area contributed by atoms with Crippen molar-refractivity contribution in [2.75, 3.05) is 20.8 Å². The van der Waals surface area contributed by atoms with Crippen LogP contribution in [0.4, 0.5) is 4.39 Å². The lowest BCUT2D eigenvalue weighted by Crippen LogP contribution is -2.30. The maximum Gasteiger partial charge on any atom is 0.254 e. The number of benzene rings is 2. The van der Waals surface area contributed by atoms with Crippen molar-refractivity contribution < 1.29 is 18.7 Å². The minimum absolute atomic E-state index is 0.0117. The lowest BCUT2D eigenvalue weighted by molar-refractivity contribution is 0.0735. The predicted molar refractivity (Wildman–Crippen MR) is 89.0 cm³/mol. The van der Waals surface area contributed by atoms with Gasteiger partial charge in [0.15, 0.2) is 11.5 Å². The highest BCUT2D eigenvalue weighted by Crippen LogP contribution is 2.37. The summed E-state index contributed by atoms with van der Waals surface area (Å²) < 4.78 is 23.7. The van der Waals surface area contributed by atoms with Crippen molar-refractivity contribution >= 4 is 5.91 Å². The topological polar surface area (TPSA) is 38.8 Å². The van der Waals surface area contributed by atoms with Gasteiger partial charge in [0.25, 0.3) is 5.91 Å². The Hall–Kier alpha value is -2.56. The molecule has 0 bridgehead atoms. The van der Waals surface area contributed by atoms with E-state index in [1.807, 2.05) is 23.1 Å². The maximum absolute atomic E-state index is 13.1. The van der Waals surface area contributed by atoms with Crippen LogP contribution in [-0.2, 0) is 0 Å². The van der Waals surface area contributed by atoms with Crippen LogP contribution in [0.25, 0.3) is 0 Å². The number of hydrogen-bond donors (Lipinski definition) is 0. The predicted octanol–water partition coefficient (Wildman–Crippen LogP) is 3.82. The van der Waals surface area contributed by atoms with Gasteiger partial charge in [0, 0.05) is 12.1 Å². The average Bonchev–Trinajstić information content (AvgIpc) is 3.10. The van der Waals surface area contributed by atoms with Crippen LogP contribution in [0.5, 0.6) is 11.5 Å². The van der Waals surface area contributed by atoms with Crippen molar-refractivity contribution in [1.82, 2.24) is 4.90 Å². The van der Waals surface area contributed by atoms with Gasteiger partial charge in [-0.25, -0.2) is 4.39 Å². The lowest BCUT2D eigenvalue weighted by Gasteiger charge is -2.26. The summed E-state index contributed by atoms with van der Waals surface area (Å²) in [7, 11) is 3.19. The first-order valence-corrected chi connectivity index (χ1v) is 7.92. The third-order valence-electron chi connectivity index (χ3n) is 4.40. The second-order valence-electron chi connectivity index (χ2n) is 5.78. The van der Waals surface area contributed by atoms with Gasteiger partial charge in [-0.3, -0.25) is 4.79 Å². The molecule has 0 N–H and O–H groups in total. The van der Waals surface area contributed by atoms with Crippen molar-refractivity contribution in [3.63, 3.8) is 0 Å². The van der Waals surface area contributed by atoms with Crippen LogP contribution in [0.2, 0.25) is 0 Å². The molecular formula is C19H20FNO3. The molecule has 1 unspecified atom stereocenters. The van der Waals surface area contributed by atoms with E-state index in [-0.39, 0.29) is 17.8 Å². The van der Waals surface area contributed by atoms with Crippen LogP contribution in [0.3, 0.4) is 0 Å². The molecule has 1 amide bonds. The molecule has 1 saturated heterocycles. The maximum atomic E-state index is 13.1. The monoisotopic (exact) mass is 329 g/mol. The summed E-state index contributed by atoms with van der Waals surface area (Å²) in [6, 6.07) is 11.4. The number of rotatable bonds is 4. The van der Waals surface area contributed by atoms with E-state index >= 15 is 0 Å². The molecule has 0 spiro atoms. The Labute approximate surface area is 140 Å². The fraction of sp³-hybridized carbons (Fsp3) is 0.316. The molecule has 0 saturated carbocycles. The number of likely N-dealkylation sites (tertiary alicyclic amines) is 1. The summed E-state index contributed by atoms with van der Waals surface area (Å²) in [6.45, 7) is 0.690. The fourth-order valence-electron chi connectivity index (χ4n) is 3.17. The Morgan fingerprint density at radius 1 is 1.08 bits per heavy atom. The van der Waals surface area contributed by atoms with Crippen LogP contribution in [-0.4, -0.2) is 31.6 Å². The van der Waals surface area contributed by atoms with Gasteiger partial charge >= 0.3 is 0 Å². The standard InChI is InChI=1S/C19H20FNO3/c1-23-17-10-7-14(12-18(17)24-2)16-4-3-11-21(16)19(22)13-5-8-15(20)9-6-13/h5-10,12,16H,3-4,11H2,1-2H3. The first kappa shape index (κ1) is 16.3. The Bertz CT molecular complexity index is 730. The number of carbonyl (C=O) groups excluding carboxylic acids is 1. The van der Waals surface area contributed by atoms with E-state index < -0.39 is 0 Å². The molecule has 1 heterocycles. The zero-order chi connectivity index (χ0) is 17.1. The smallest absolute Gasteiger partial charge is 0.254 e. The van der Waals surface area contributed by atoms with E-state index in [0.717, 1.165) is 18.4 Å². The van der Waals surface area contributed by atoms with Gasteiger partial charge in [-0.2, -0.15) is 0 Å². The highest BCUT2D eigenvalue weighted by atomic mass is 19.1. The van der Waals surface area contributed by atoms with Crippen molar-refractivity contribution in [2.24, 2.45) is 0 Å². The SMILES string of the molecule is COc1ccc(C2CCCN2C(=O)c2ccc(F)cc2)cc1OC. The third-order valence-corrected chi connectivity index (χ3v) is 4.40. The van der Waals surface area contributed by atoms with Crippen LogP contribution < -0.4 is 9.47 Å². The quantitative estimate of drug-likeness (QED) is 0.856. The molecule has 1 aliphatic heterocycles. The molecular weight excluding hydrogens is 309 g/mol. The molecule has 1 fully saturated rings. The molecule has 24 heavy (non-hydrogen) atoms. The molecule has 1 aliphatic rings. The van der Waals surface area contributed by atoms with E-state index in [0.29, 0.717) is 23.6 Å².